The number of carbonyl (C=O) groups excluding carboxylic acids is 1. The van der Waals surface area contributed by atoms with Crippen LogP contribution in [0.5, 0.6) is 0 Å². The van der Waals surface area contributed by atoms with E-state index in [1.165, 1.54) is 45.6 Å². The molecule has 1 aromatic heterocycles. The molecule has 5 heteroatoms. The average Bonchev–Trinajstić information content (AvgIpc) is 3.15. The molecule has 0 saturated carbocycles. The lowest BCUT2D eigenvalue weighted by atomic mass is 9.97. The molecule has 0 aromatic carbocycles. The van der Waals surface area contributed by atoms with Gasteiger partial charge >= 0.3 is 5.97 Å². The standard InChI is InChI=1S/C23H37NO4/c1-5-7-8-9-10-12-17(3)22(27-6-2)16-28-21-14-11-13-19-18(21)15-20(24-19)23(25)26-4/h13,15,17,22,24H,5-12,14,16H2,1-4H3. The molecular formula is C23H37NO4. The van der Waals surface area contributed by atoms with E-state index in [1.807, 2.05) is 13.0 Å². The molecule has 2 rings (SSSR count). The van der Waals surface area contributed by atoms with Crippen LogP contribution in [0.3, 0.4) is 0 Å². The number of nitrogens with one attached hydrogen (secondary N) is 1. The lowest BCUT2D eigenvalue weighted by molar-refractivity contribution is -0.0166. The Balaban J connectivity index is 1.99. The van der Waals surface area contributed by atoms with E-state index in [-0.39, 0.29) is 12.1 Å². The first-order chi connectivity index (χ1) is 13.6. The Morgan fingerprint density at radius 3 is 2.71 bits per heavy atom. The molecule has 0 saturated heterocycles. The first-order valence-electron chi connectivity index (χ1n) is 10.9. The monoisotopic (exact) mass is 391 g/mol. The van der Waals surface area contributed by atoms with E-state index in [2.05, 4.69) is 24.9 Å². The van der Waals surface area contributed by atoms with Crippen molar-refractivity contribution < 1.29 is 19.0 Å². The van der Waals surface area contributed by atoms with Crippen LogP contribution in [0.1, 0.15) is 82.6 Å². The summed E-state index contributed by atoms with van der Waals surface area (Å²) < 4.78 is 17.0. The van der Waals surface area contributed by atoms with Crippen LogP contribution in [0.25, 0.3) is 11.8 Å². The molecule has 0 spiro atoms. The highest BCUT2D eigenvalue weighted by atomic mass is 16.5. The summed E-state index contributed by atoms with van der Waals surface area (Å²) >= 11 is 0. The SMILES string of the molecule is CCCCCCCC(C)C(COC1=c2cc(C(=O)OC)[nH]c2=CCC1)OCC. The van der Waals surface area contributed by atoms with E-state index in [1.54, 1.807) is 0 Å². The van der Waals surface area contributed by atoms with Crippen molar-refractivity contribution in [3.8, 4) is 0 Å². The molecule has 28 heavy (non-hydrogen) atoms. The Morgan fingerprint density at radius 2 is 2.00 bits per heavy atom. The van der Waals surface area contributed by atoms with Crippen molar-refractivity contribution in [1.29, 1.82) is 0 Å². The topological polar surface area (TPSA) is 60.5 Å². The van der Waals surface area contributed by atoms with Crippen LogP contribution in [0, 0.1) is 5.92 Å². The Labute approximate surface area is 169 Å². The van der Waals surface area contributed by atoms with Crippen molar-refractivity contribution in [2.75, 3.05) is 20.3 Å². The van der Waals surface area contributed by atoms with Gasteiger partial charge in [0.2, 0.25) is 0 Å². The second-order valence-electron chi connectivity index (χ2n) is 7.65. The molecule has 1 heterocycles. The van der Waals surface area contributed by atoms with Crippen LogP contribution in [0.15, 0.2) is 6.07 Å². The number of aromatic amines is 1. The Hall–Kier alpha value is -1.75. The Bertz CT molecular complexity index is 721. The predicted molar refractivity (Wildman–Crippen MR) is 112 cm³/mol. The van der Waals surface area contributed by atoms with Crippen molar-refractivity contribution in [2.24, 2.45) is 5.92 Å². The van der Waals surface area contributed by atoms with Gasteiger partial charge < -0.3 is 19.2 Å². The third-order valence-corrected chi connectivity index (χ3v) is 5.47. The number of ether oxygens (including phenoxy) is 3. The molecule has 5 nitrogen and oxygen atoms in total. The minimum Gasteiger partial charge on any atom is -0.495 e. The fourth-order valence-corrected chi connectivity index (χ4v) is 3.74. The molecule has 2 unspecified atom stereocenters. The Morgan fingerprint density at radius 1 is 1.21 bits per heavy atom. The maximum absolute atomic E-state index is 11.8. The van der Waals surface area contributed by atoms with Crippen molar-refractivity contribution in [3.63, 3.8) is 0 Å². The van der Waals surface area contributed by atoms with Crippen LogP contribution in [0.4, 0.5) is 0 Å². The molecule has 1 N–H and O–H groups in total. The number of unbranched alkanes of at least 4 members (excludes halogenated alkanes) is 4. The number of aromatic nitrogens is 1. The zero-order chi connectivity index (χ0) is 20.4. The van der Waals surface area contributed by atoms with Crippen LogP contribution < -0.4 is 10.6 Å². The summed E-state index contributed by atoms with van der Waals surface area (Å²) in [6, 6.07) is 1.83. The van der Waals surface area contributed by atoms with Gasteiger partial charge in [-0.15, -0.1) is 0 Å². The average molecular weight is 392 g/mol. The van der Waals surface area contributed by atoms with Crippen molar-refractivity contribution in [3.05, 3.63) is 22.3 Å². The van der Waals surface area contributed by atoms with E-state index in [9.17, 15) is 4.79 Å². The minimum atomic E-state index is -0.356. The van der Waals surface area contributed by atoms with Gasteiger partial charge in [0, 0.05) is 23.6 Å². The van der Waals surface area contributed by atoms with Crippen molar-refractivity contribution in [1.82, 2.24) is 4.98 Å². The fourth-order valence-electron chi connectivity index (χ4n) is 3.74. The molecule has 1 aliphatic rings. The summed E-state index contributed by atoms with van der Waals surface area (Å²) in [5, 5.41) is 1.91. The van der Waals surface area contributed by atoms with Gasteiger partial charge in [0.25, 0.3) is 0 Å². The number of hydrogen-bond donors (Lipinski definition) is 1. The first-order valence-corrected chi connectivity index (χ1v) is 10.9. The van der Waals surface area contributed by atoms with Gasteiger partial charge in [0.05, 0.1) is 13.2 Å². The molecule has 1 aliphatic carbocycles. The van der Waals surface area contributed by atoms with Gasteiger partial charge in [-0.3, -0.25) is 0 Å². The molecule has 0 amide bonds. The summed E-state index contributed by atoms with van der Waals surface area (Å²) in [6.45, 7) is 7.79. The van der Waals surface area contributed by atoms with Gasteiger partial charge in [-0.05, 0) is 31.7 Å². The molecule has 1 aromatic rings. The van der Waals surface area contributed by atoms with Crippen LogP contribution in [0.2, 0.25) is 0 Å². The number of methoxy groups -OCH3 is 1. The normalized spacial score (nSPS) is 15.5. The molecule has 0 aliphatic heterocycles. The second kappa shape index (κ2) is 11.9. The van der Waals surface area contributed by atoms with E-state index in [0.29, 0.717) is 24.8 Å². The second-order valence-corrected chi connectivity index (χ2v) is 7.65. The summed E-state index contributed by atoms with van der Waals surface area (Å²) in [5.74, 6) is 1.04. The largest absolute Gasteiger partial charge is 0.495 e. The zero-order valence-corrected chi connectivity index (χ0v) is 18.0. The van der Waals surface area contributed by atoms with Gasteiger partial charge in [-0.1, -0.05) is 52.0 Å². The number of H-pyrrole nitrogens is 1. The zero-order valence-electron chi connectivity index (χ0n) is 18.0. The molecule has 0 radical (unpaired) electrons. The van der Waals surface area contributed by atoms with E-state index >= 15 is 0 Å². The van der Waals surface area contributed by atoms with Crippen LogP contribution in [-0.2, 0) is 14.2 Å². The van der Waals surface area contributed by atoms with Crippen molar-refractivity contribution >= 4 is 17.8 Å². The third kappa shape index (κ3) is 6.40. The van der Waals surface area contributed by atoms with Gasteiger partial charge in [-0.2, -0.15) is 0 Å². The summed E-state index contributed by atoms with van der Waals surface area (Å²) in [5.41, 5.74) is 0.466. The molecule has 0 fully saturated rings. The van der Waals surface area contributed by atoms with E-state index < -0.39 is 0 Å². The van der Waals surface area contributed by atoms with Crippen LogP contribution >= 0.6 is 0 Å². The van der Waals surface area contributed by atoms with E-state index in [0.717, 1.165) is 29.2 Å². The van der Waals surface area contributed by atoms with Crippen molar-refractivity contribution in [2.45, 2.75) is 78.2 Å². The number of esters is 1. The highest BCUT2D eigenvalue weighted by Crippen LogP contribution is 2.19. The first kappa shape index (κ1) is 22.5. The fraction of sp³-hybridized carbons (Fsp3) is 0.696. The molecule has 2 atom stereocenters. The summed E-state index contributed by atoms with van der Waals surface area (Å²) in [4.78, 5) is 14.9. The number of fused-ring (bicyclic) bond motifs is 1. The van der Waals surface area contributed by atoms with Gasteiger partial charge in [-0.25, -0.2) is 4.79 Å². The lowest BCUT2D eigenvalue weighted by Gasteiger charge is -2.25. The molecule has 158 valence electrons. The van der Waals surface area contributed by atoms with Gasteiger partial charge in [0.1, 0.15) is 18.1 Å². The summed E-state index contributed by atoms with van der Waals surface area (Å²) in [6.07, 6.45) is 11.6. The highest BCUT2D eigenvalue weighted by Gasteiger charge is 2.20. The van der Waals surface area contributed by atoms with Crippen LogP contribution in [-0.4, -0.2) is 37.4 Å². The highest BCUT2D eigenvalue weighted by molar-refractivity contribution is 5.87. The summed E-state index contributed by atoms with van der Waals surface area (Å²) in [7, 11) is 1.39. The minimum absolute atomic E-state index is 0.0945. The van der Waals surface area contributed by atoms with Gasteiger partial charge in [0.15, 0.2) is 0 Å². The maximum atomic E-state index is 11.8. The predicted octanol–water partition coefficient (Wildman–Crippen LogP) is 3.90. The smallest absolute Gasteiger partial charge is 0.354 e. The number of hydrogen-bond acceptors (Lipinski definition) is 4. The third-order valence-electron chi connectivity index (χ3n) is 5.47. The molecule has 0 bridgehead atoms. The quantitative estimate of drug-likeness (QED) is 0.409. The lowest BCUT2D eigenvalue weighted by Crippen LogP contribution is -2.32. The molecular weight excluding hydrogens is 354 g/mol. The number of carbonyl (C=O) groups is 1. The van der Waals surface area contributed by atoms with E-state index in [4.69, 9.17) is 14.2 Å². The maximum Gasteiger partial charge on any atom is 0.354 e. The Kier molecular flexibility index (Phi) is 9.62. The number of rotatable bonds is 13.